The third-order valence-electron chi connectivity index (χ3n) is 4.79. The number of nitrogens with zero attached hydrogens (tertiary/aromatic N) is 1. The van der Waals surface area contributed by atoms with E-state index >= 15 is 0 Å². The van der Waals surface area contributed by atoms with Gasteiger partial charge in [0.15, 0.2) is 0 Å². The Morgan fingerprint density at radius 1 is 1.37 bits per heavy atom. The van der Waals surface area contributed by atoms with Crippen molar-refractivity contribution in [1.29, 1.82) is 0 Å². The molecule has 3 rings (SSSR count). The lowest BCUT2D eigenvalue weighted by molar-refractivity contribution is 0.0698. The molecule has 0 aromatic heterocycles. The highest BCUT2D eigenvalue weighted by Gasteiger charge is 2.72. The predicted molar refractivity (Wildman–Crippen MR) is 72.6 cm³/mol. The monoisotopic (exact) mass is 260 g/mol. The minimum atomic E-state index is -0.655. The maximum Gasteiger partial charge on any atom is 0.405 e. The van der Waals surface area contributed by atoms with E-state index in [-0.39, 0.29) is 11.0 Å². The number of amides is 1. The van der Waals surface area contributed by atoms with Crippen molar-refractivity contribution in [1.82, 2.24) is 4.90 Å². The van der Waals surface area contributed by atoms with Crippen LogP contribution >= 0.6 is 0 Å². The lowest BCUT2D eigenvalue weighted by Gasteiger charge is -2.27. The largest absolute Gasteiger partial charge is 0.441 e. The zero-order valence-corrected chi connectivity index (χ0v) is 11.4. The molecule has 2 fully saturated rings. The van der Waals surface area contributed by atoms with Gasteiger partial charge in [0.1, 0.15) is 5.60 Å². The number of piperidine rings is 1. The summed E-state index contributed by atoms with van der Waals surface area (Å²) < 4.78 is 5.39. The Labute approximate surface area is 113 Å². The molecule has 3 unspecified atom stereocenters. The summed E-state index contributed by atoms with van der Waals surface area (Å²) in [6.45, 7) is 6.11. The zero-order valence-electron chi connectivity index (χ0n) is 11.4. The summed E-state index contributed by atoms with van der Waals surface area (Å²) >= 11 is 0. The lowest BCUT2D eigenvalue weighted by Crippen LogP contribution is -2.34. The fourth-order valence-corrected chi connectivity index (χ4v) is 3.47. The zero-order chi connectivity index (χ0) is 13.7. The molecule has 1 saturated carbocycles. The fraction of sp³-hybridized carbons (Fsp3) is 0.533. The molecule has 19 heavy (non-hydrogen) atoms. The topological polar surface area (TPSA) is 55.6 Å². The number of benzene rings is 1. The number of rotatable bonds is 3. The third-order valence-corrected chi connectivity index (χ3v) is 4.79. The van der Waals surface area contributed by atoms with Gasteiger partial charge >= 0.3 is 6.09 Å². The van der Waals surface area contributed by atoms with E-state index in [2.05, 4.69) is 43.0 Å². The average molecular weight is 260 g/mol. The molecule has 0 spiro atoms. The predicted octanol–water partition coefficient (Wildman–Crippen LogP) is 2.31. The van der Waals surface area contributed by atoms with Crippen molar-refractivity contribution in [3.63, 3.8) is 0 Å². The number of hydrogen-bond acceptors (Lipinski definition) is 3. The molecule has 102 valence electrons. The third kappa shape index (κ3) is 1.91. The molecule has 1 aromatic carbocycles. The van der Waals surface area contributed by atoms with Crippen molar-refractivity contribution in [2.75, 3.05) is 13.1 Å². The Kier molecular flexibility index (Phi) is 2.61. The molecule has 4 nitrogen and oxygen atoms in total. The maximum atomic E-state index is 11.1. The minimum absolute atomic E-state index is 0.0745. The SMILES string of the molecule is CC(c1ccccc1)N1CC2(C)CC2(OC(N)=O)C1. The number of carbonyl (C=O) groups is 1. The van der Waals surface area contributed by atoms with Crippen LogP contribution < -0.4 is 5.73 Å². The van der Waals surface area contributed by atoms with Crippen LogP contribution in [0.3, 0.4) is 0 Å². The van der Waals surface area contributed by atoms with Crippen LogP contribution in [0.25, 0.3) is 0 Å². The van der Waals surface area contributed by atoms with Crippen LogP contribution in [0.5, 0.6) is 0 Å². The molecule has 1 heterocycles. The first kappa shape index (κ1) is 12.5. The number of fused-ring (bicyclic) bond motifs is 1. The average Bonchev–Trinajstić information content (AvgIpc) is 2.80. The fourth-order valence-electron chi connectivity index (χ4n) is 3.47. The standard InChI is InChI=1S/C15H20N2O2/c1-11(12-6-4-3-5-7-12)17-9-14(2)8-15(14,10-17)19-13(16)18/h3-7,11H,8-10H2,1-2H3,(H2,16,18). The van der Waals surface area contributed by atoms with Crippen molar-refractivity contribution < 1.29 is 9.53 Å². The molecule has 2 aliphatic rings. The molecular formula is C15H20N2O2. The number of likely N-dealkylation sites (tertiary alicyclic amines) is 1. The summed E-state index contributed by atoms with van der Waals surface area (Å²) in [6, 6.07) is 10.7. The van der Waals surface area contributed by atoms with Crippen LogP contribution in [0, 0.1) is 5.41 Å². The molecule has 0 bridgehead atoms. The number of primary amides is 1. The van der Waals surface area contributed by atoms with Gasteiger partial charge in [-0.25, -0.2) is 4.79 Å². The van der Waals surface area contributed by atoms with Crippen molar-refractivity contribution in [3.8, 4) is 0 Å². The number of carbonyl (C=O) groups excluding carboxylic acids is 1. The van der Waals surface area contributed by atoms with Crippen LogP contribution in [0.1, 0.15) is 31.9 Å². The Hall–Kier alpha value is -1.55. The van der Waals surface area contributed by atoms with Gasteiger partial charge in [0.2, 0.25) is 0 Å². The first-order valence-electron chi connectivity index (χ1n) is 6.73. The first-order chi connectivity index (χ1) is 8.96. The van der Waals surface area contributed by atoms with Crippen molar-refractivity contribution in [2.45, 2.75) is 31.9 Å². The second kappa shape index (κ2) is 3.97. The van der Waals surface area contributed by atoms with E-state index in [4.69, 9.17) is 10.5 Å². The van der Waals surface area contributed by atoms with Crippen LogP contribution in [0.15, 0.2) is 30.3 Å². The van der Waals surface area contributed by atoms with Crippen molar-refractivity contribution in [2.24, 2.45) is 11.1 Å². The van der Waals surface area contributed by atoms with E-state index in [0.29, 0.717) is 6.04 Å². The van der Waals surface area contributed by atoms with Gasteiger partial charge in [-0.05, 0) is 18.9 Å². The Morgan fingerprint density at radius 3 is 2.68 bits per heavy atom. The molecule has 1 saturated heterocycles. The first-order valence-corrected chi connectivity index (χ1v) is 6.73. The molecule has 3 atom stereocenters. The second-order valence-corrected chi connectivity index (χ2v) is 6.14. The van der Waals surface area contributed by atoms with Crippen LogP contribution in [-0.4, -0.2) is 29.7 Å². The van der Waals surface area contributed by atoms with Gasteiger partial charge in [-0.3, -0.25) is 4.90 Å². The van der Waals surface area contributed by atoms with Gasteiger partial charge in [-0.15, -0.1) is 0 Å². The Bertz CT molecular complexity index is 504. The summed E-state index contributed by atoms with van der Waals surface area (Å²) in [4.78, 5) is 13.4. The van der Waals surface area contributed by atoms with Gasteiger partial charge in [0.05, 0.1) is 0 Å². The molecular weight excluding hydrogens is 240 g/mol. The normalized spacial score (nSPS) is 34.6. The highest BCUT2D eigenvalue weighted by molar-refractivity contribution is 5.66. The molecule has 4 heteroatoms. The van der Waals surface area contributed by atoms with E-state index < -0.39 is 6.09 Å². The van der Waals surface area contributed by atoms with Gasteiger partial charge in [-0.1, -0.05) is 37.3 Å². The Balaban J connectivity index is 1.75. The van der Waals surface area contributed by atoms with E-state index in [0.717, 1.165) is 19.5 Å². The molecule has 0 radical (unpaired) electrons. The lowest BCUT2D eigenvalue weighted by atomic mass is 10.1. The smallest absolute Gasteiger partial charge is 0.405 e. The summed E-state index contributed by atoms with van der Waals surface area (Å²) in [5.41, 5.74) is 6.22. The second-order valence-electron chi connectivity index (χ2n) is 6.14. The van der Waals surface area contributed by atoms with Gasteiger partial charge < -0.3 is 10.5 Å². The summed E-state index contributed by atoms with van der Waals surface area (Å²) in [6.07, 6.45) is 0.277. The molecule has 1 amide bonds. The van der Waals surface area contributed by atoms with E-state index in [1.54, 1.807) is 0 Å². The highest BCUT2D eigenvalue weighted by atomic mass is 16.6. The van der Waals surface area contributed by atoms with Crippen molar-refractivity contribution in [3.05, 3.63) is 35.9 Å². The van der Waals surface area contributed by atoms with Gasteiger partial charge in [0.25, 0.3) is 0 Å². The number of hydrogen-bond donors (Lipinski definition) is 1. The molecule has 1 aliphatic heterocycles. The summed E-state index contributed by atoms with van der Waals surface area (Å²) in [5, 5.41) is 0. The van der Waals surface area contributed by atoms with Crippen LogP contribution in [-0.2, 0) is 4.74 Å². The molecule has 2 N–H and O–H groups in total. The summed E-state index contributed by atoms with van der Waals surface area (Å²) in [7, 11) is 0. The highest BCUT2D eigenvalue weighted by Crippen LogP contribution is 2.64. The van der Waals surface area contributed by atoms with Crippen molar-refractivity contribution >= 4 is 6.09 Å². The van der Waals surface area contributed by atoms with Crippen LogP contribution in [0.2, 0.25) is 0 Å². The summed E-state index contributed by atoms with van der Waals surface area (Å²) in [5.74, 6) is 0. The van der Waals surface area contributed by atoms with E-state index in [9.17, 15) is 4.79 Å². The number of ether oxygens (including phenoxy) is 1. The molecule has 1 aromatic rings. The van der Waals surface area contributed by atoms with E-state index in [1.807, 2.05) is 6.07 Å². The van der Waals surface area contributed by atoms with Gasteiger partial charge in [-0.2, -0.15) is 0 Å². The van der Waals surface area contributed by atoms with E-state index in [1.165, 1.54) is 5.56 Å². The minimum Gasteiger partial charge on any atom is -0.441 e. The number of nitrogens with two attached hydrogens (primary N) is 1. The quantitative estimate of drug-likeness (QED) is 0.907. The molecule has 1 aliphatic carbocycles. The maximum absolute atomic E-state index is 11.1. The van der Waals surface area contributed by atoms with Gasteiger partial charge in [0, 0.05) is 24.5 Å². The Morgan fingerprint density at radius 2 is 2.05 bits per heavy atom. The van der Waals surface area contributed by atoms with Crippen LogP contribution in [0.4, 0.5) is 4.79 Å².